The second-order valence-corrected chi connectivity index (χ2v) is 16.1. The number of benzene rings is 6. The molecule has 6 aromatic carbocycles. The Bertz CT molecular complexity index is 2000. The zero-order valence-corrected chi connectivity index (χ0v) is 31.6. The van der Waals surface area contributed by atoms with Gasteiger partial charge in [0.25, 0.3) is 0 Å². The van der Waals surface area contributed by atoms with Crippen LogP contribution in [-0.4, -0.2) is 5.91 Å². The van der Waals surface area contributed by atoms with Gasteiger partial charge in [0.15, 0.2) is 0 Å². The van der Waals surface area contributed by atoms with E-state index in [4.69, 9.17) is 0 Å². The first-order valence-corrected chi connectivity index (χ1v) is 18.2. The van der Waals surface area contributed by atoms with Crippen molar-refractivity contribution in [2.24, 2.45) is 16.2 Å². The van der Waals surface area contributed by atoms with Gasteiger partial charge < -0.3 is 15.1 Å². The van der Waals surface area contributed by atoms with E-state index < -0.39 is 5.41 Å². The molecule has 0 saturated heterocycles. The SMILES string of the molecule is CC(C)(C)CC(C)(C(=O)Nc1ccc(N(c2ccccc2)c2ccc(-c3ccc(N(c4ccccc4)c4ccccc4)cc3)cc2)cc1)C(C)(C)C. The molecule has 4 heteroatoms. The molecule has 1 atom stereocenters. The monoisotopic (exact) mass is 685 g/mol. The van der Waals surface area contributed by atoms with Crippen molar-refractivity contribution in [2.45, 2.75) is 54.9 Å². The van der Waals surface area contributed by atoms with Crippen molar-refractivity contribution in [2.75, 3.05) is 15.1 Å². The third-order valence-corrected chi connectivity index (χ3v) is 10.1. The van der Waals surface area contributed by atoms with Gasteiger partial charge in [0.1, 0.15) is 0 Å². The van der Waals surface area contributed by atoms with E-state index in [9.17, 15) is 4.79 Å². The Morgan fingerprint density at radius 3 is 1.06 bits per heavy atom. The number of hydrogen-bond acceptors (Lipinski definition) is 3. The minimum absolute atomic E-state index is 0.0182. The summed E-state index contributed by atoms with van der Waals surface area (Å²) >= 11 is 0. The zero-order valence-electron chi connectivity index (χ0n) is 31.6. The molecule has 1 unspecified atom stereocenters. The topological polar surface area (TPSA) is 35.6 Å². The first-order chi connectivity index (χ1) is 24.8. The predicted octanol–water partition coefficient (Wildman–Crippen LogP) is 13.7. The van der Waals surface area contributed by atoms with Gasteiger partial charge in [-0.05, 0) is 113 Å². The molecule has 6 rings (SSSR count). The summed E-state index contributed by atoms with van der Waals surface area (Å²) in [4.78, 5) is 18.3. The molecule has 0 radical (unpaired) electrons. The number of nitrogens with zero attached hydrogens (tertiary/aromatic N) is 2. The predicted molar refractivity (Wildman–Crippen MR) is 222 cm³/mol. The normalized spacial score (nSPS) is 12.8. The van der Waals surface area contributed by atoms with Crippen molar-refractivity contribution < 1.29 is 4.79 Å². The summed E-state index contributed by atoms with van der Waals surface area (Å²) in [5.74, 6) is 0.0547. The lowest BCUT2D eigenvalue weighted by molar-refractivity contribution is -0.133. The van der Waals surface area contributed by atoms with E-state index in [0.29, 0.717) is 0 Å². The van der Waals surface area contributed by atoms with Gasteiger partial charge in [-0.25, -0.2) is 0 Å². The molecule has 0 spiro atoms. The second-order valence-electron chi connectivity index (χ2n) is 16.1. The molecule has 0 aliphatic rings. The third kappa shape index (κ3) is 8.13. The van der Waals surface area contributed by atoms with E-state index in [2.05, 4.69) is 197 Å². The van der Waals surface area contributed by atoms with Gasteiger partial charge in [-0.1, -0.05) is 127 Å². The Kier molecular flexibility index (Phi) is 10.4. The van der Waals surface area contributed by atoms with Gasteiger partial charge >= 0.3 is 0 Å². The summed E-state index contributed by atoms with van der Waals surface area (Å²) in [6, 6.07) is 57.0. The average Bonchev–Trinajstić information content (AvgIpc) is 3.13. The molecule has 0 saturated carbocycles. The van der Waals surface area contributed by atoms with Gasteiger partial charge in [0.2, 0.25) is 5.91 Å². The lowest BCUT2D eigenvalue weighted by Gasteiger charge is -2.44. The number of hydrogen-bond donors (Lipinski definition) is 1. The van der Waals surface area contributed by atoms with Crippen LogP contribution in [-0.2, 0) is 4.79 Å². The third-order valence-electron chi connectivity index (χ3n) is 10.1. The van der Waals surface area contributed by atoms with E-state index in [1.807, 2.05) is 30.3 Å². The Labute approximate surface area is 310 Å². The number of para-hydroxylation sites is 3. The van der Waals surface area contributed by atoms with Gasteiger partial charge in [0, 0.05) is 39.8 Å². The van der Waals surface area contributed by atoms with Crippen molar-refractivity contribution in [3.8, 4) is 11.1 Å². The smallest absolute Gasteiger partial charge is 0.230 e. The molecule has 0 bridgehead atoms. The van der Waals surface area contributed by atoms with Crippen LogP contribution in [0.5, 0.6) is 0 Å². The molecule has 0 aliphatic heterocycles. The summed E-state index contributed by atoms with van der Waals surface area (Å²) < 4.78 is 0. The fourth-order valence-electron chi connectivity index (χ4n) is 6.94. The number of anilines is 7. The Morgan fingerprint density at radius 2 is 0.750 bits per heavy atom. The highest BCUT2D eigenvalue weighted by molar-refractivity contribution is 5.96. The fourth-order valence-corrected chi connectivity index (χ4v) is 6.94. The summed E-state index contributed by atoms with van der Waals surface area (Å²) in [7, 11) is 0. The average molecular weight is 686 g/mol. The van der Waals surface area contributed by atoms with Crippen LogP contribution in [0.4, 0.5) is 39.8 Å². The van der Waals surface area contributed by atoms with Crippen LogP contribution in [0.3, 0.4) is 0 Å². The molecule has 1 amide bonds. The maximum absolute atomic E-state index is 13.8. The second kappa shape index (κ2) is 14.9. The fraction of sp³-hybridized carbons (Fsp3) is 0.229. The number of rotatable bonds is 10. The zero-order chi connectivity index (χ0) is 36.9. The highest BCUT2D eigenvalue weighted by atomic mass is 16.2. The number of nitrogens with one attached hydrogen (secondary N) is 1. The summed E-state index contributed by atoms with van der Waals surface area (Å²) in [6.45, 7) is 15.2. The molecular weight excluding hydrogens is 635 g/mol. The van der Waals surface area contributed by atoms with Crippen molar-refractivity contribution >= 4 is 45.7 Å². The molecule has 6 aromatic rings. The lowest BCUT2D eigenvalue weighted by Crippen LogP contribution is -2.46. The van der Waals surface area contributed by atoms with Gasteiger partial charge in [-0.2, -0.15) is 0 Å². The number of carbonyl (C=O) groups excluding carboxylic acids is 1. The van der Waals surface area contributed by atoms with Crippen LogP contribution in [0.1, 0.15) is 54.9 Å². The van der Waals surface area contributed by atoms with Gasteiger partial charge in [-0.15, -0.1) is 0 Å². The van der Waals surface area contributed by atoms with Crippen molar-refractivity contribution in [3.63, 3.8) is 0 Å². The highest BCUT2D eigenvalue weighted by Gasteiger charge is 2.46. The van der Waals surface area contributed by atoms with E-state index in [0.717, 1.165) is 57.4 Å². The maximum atomic E-state index is 13.8. The minimum atomic E-state index is -0.536. The summed E-state index contributed by atoms with van der Waals surface area (Å²) in [6.07, 6.45) is 0.787. The molecule has 0 heterocycles. The Morgan fingerprint density at radius 1 is 0.442 bits per heavy atom. The molecule has 0 fully saturated rings. The lowest BCUT2D eigenvalue weighted by atomic mass is 9.61. The summed E-state index contributed by atoms with van der Waals surface area (Å²) in [5.41, 5.74) is 8.82. The Balaban J connectivity index is 1.25. The van der Waals surface area contributed by atoms with Crippen LogP contribution < -0.4 is 15.1 Å². The van der Waals surface area contributed by atoms with Crippen LogP contribution >= 0.6 is 0 Å². The first kappa shape index (κ1) is 36.2. The standard InChI is InChI=1S/C48H51N3O/c1-46(2,3)35-48(7,47(4,5)6)45(52)49-38-27-33-44(34-28-38)51(41-21-15-10-16-22-41)43-31-25-37(26-32-43)36-23-29-42(30-24-36)50(39-17-11-8-12-18-39)40-19-13-9-14-20-40/h8-34H,35H2,1-7H3,(H,49,52). The van der Waals surface area contributed by atoms with Crippen molar-refractivity contribution in [1.29, 1.82) is 0 Å². The van der Waals surface area contributed by atoms with Crippen LogP contribution in [0, 0.1) is 16.2 Å². The maximum Gasteiger partial charge on any atom is 0.230 e. The van der Waals surface area contributed by atoms with E-state index >= 15 is 0 Å². The molecule has 4 nitrogen and oxygen atoms in total. The van der Waals surface area contributed by atoms with E-state index in [-0.39, 0.29) is 16.7 Å². The first-order valence-electron chi connectivity index (χ1n) is 18.2. The molecule has 52 heavy (non-hydrogen) atoms. The Hall–Kier alpha value is -5.61. The number of carbonyl (C=O) groups is 1. The number of amides is 1. The quantitative estimate of drug-likeness (QED) is 0.156. The van der Waals surface area contributed by atoms with Crippen molar-refractivity contribution in [1.82, 2.24) is 0 Å². The largest absolute Gasteiger partial charge is 0.326 e. The van der Waals surface area contributed by atoms with Gasteiger partial charge in [-0.3, -0.25) is 4.79 Å². The molecule has 1 N–H and O–H groups in total. The van der Waals surface area contributed by atoms with Crippen LogP contribution in [0.25, 0.3) is 11.1 Å². The van der Waals surface area contributed by atoms with Crippen molar-refractivity contribution in [3.05, 3.63) is 164 Å². The summed E-state index contributed by atoms with van der Waals surface area (Å²) in [5, 5.41) is 3.25. The van der Waals surface area contributed by atoms with Crippen LogP contribution in [0.2, 0.25) is 0 Å². The highest BCUT2D eigenvalue weighted by Crippen LogP contribution is 2.47. The molecular formula is C48H51N3O. The molecule has 264 valence electrons. The van der Waals surface area contributed by atoms with Gasteiger partial charge in [0.05, 0.1) is 5.41 Å². The van der Waals surface area contributed by atoms with Crippen LogP contribution in [0.15, 0.2) is 164 Å². The minimum Gasteiger partial charge on any atom is -0.326 e. The molecule has 0 aliphatic carbocycles. The van der Waals surface area contributed by atoms with E-state index in [1.165, 1.54) is 0 Å². The molecule has 0 aromatic heterocycles. The van der Waals surface area contributed by atoms with E-state index in [1.54, 1.807) is 0 Å².